The van der Waals surface area contributed by atoms with E-state index in [1.807, 2.05) is 0 Å². The minimum Gasteiger partial charge on any atom is -0.756 e. The van der Waals surface area contributed by atoms with Gasteiger partial charge in [0.2, 0.25) is 0 Å². The monoisotopic (exact) mass is 498 g/mol. The Kier molecular flexibility index (Phi) is 24.6. The van der Waals surface area contributed by atoms with E-state index in [-0.39, 0.29) is 25.5 Å². The fraction of sp³-hybridized carbons (Fsp3) is 1.00. The van der Waals surface area contributed by atoms with Gasteiger partial charge in [-0.25, -0.2) is 0 Å². The minimum absolute atomic E-state index is 0. The zero-order valence-corrected chi connectivity index (χ0v) is 21.7. The molecule has 194 valence electrons. The summed E-state index contributed by atoms with van der Waals surface area (Å²) in [7, 11) is -3.68. The van der Waals surface area contributed by atoms with Crippen LogP contribution in [-0.2, 0) is 23.1 Å². The molecule has 0 heterocycles. The Morgan fingerprint density at radius 1 is 0.788 bits per heavy atom. The van der Waals surface area contributed by atoms with E-state index in [1.165, 1.54) is 70.6 Å². The number of unbranched alkanes of at least 4 members (excludes halogenated alkanes) is 13. The second-order valence-corrected chi connectivity index (χ2v) is 9.63. The van der Waals surface area contributed by atoms with E-state index in [4.69, 9.17) is 4.74 Å². The van der Waals surface area contributed by atoms with Crippen molar-refractivity contribution in [2.75, 3.05) is 33.5 Å². The maximum atomic E-state index is 12.2. The fourth-order valence-electron chi connectivity index (χ4n) is 3.25. The van der Waals surface area contributed by atoms with Crippen LogP contribution in [0.25, 0.3) is 0 Å². The first-order valence-electron chi connectivity index (χ1n) is 12.0. The SMILES string of the molecule is CCCCCCCCCCCCCCCCOCC(COCC(F)(F)F)OP(=O)([O-])OC.[Li+]. The zero-order chi connectivity index (χ0) is 24.1. The van der Waals surface area contributed by atoms with Crippen LogP contribution in [0.5, 0.6) is 0 Å². The average molecular weight is 498 g/mol. The number of phosphoric ester groups is 1. The van der Waals surface area contributed by atoms with E-state index < -0.39 is 33.3 Å². The number of phosphoric acid groups is 1. The predicted octanol–water partition coefficient (Wildman–Crippen LogP) is 3.57. The van der Waals surface area contributed by atoms with E-state index in [0.29, 0.717) is 6.61 Å². The number of hydrogen-bond donors (Lipinski definition) is 0. The third-order valence-electron chi connectivity index (χ3n) is 5.02. The Balaban J connectivity index is 0. The summed E-state index contributed by atoms with van der Waals surface area (Å²) in [6.07, 6.45) is 11.6. The molecular weight excluding hydrogens is 455 g/mol. The van der Waals surface area contributed by atoms with Crippen LogP contribution < -0.4 is 23.8 Å². The Morgan fingerprint density at radius 2 is 1.21 bits per heavy atom. The number of hydrogen-bond acceptors (Lipinski definition) is 6. The Hall–Kier alpha value is 0.417. The molecule has 0 aromatic rings. The molecule has 0 radical (unpaired) electrons. The molecule has 0 fully saturated rings. The molecule has 0 bridgehead atoms. The van der Waals surface area contributed by atoms with Crippen molar-refractivity contribution in [3.8, 4) is 0 Å². The number of halogens is 3. The Bertz CT molecular complexity index is 472. The standard InChI is InChI=1S/C22H44F3O6P.Li/c1-3-4-5-6-7-8-9-10-11-12-13-14-15-16-17-29-18-21(31-32(26,27)28-2)19-30-20-22(23,24)25;/h21H,3-20H2,1-2H3,(H,26,27);/q;+1/p-1. The van der Waals surface area contributed by atoms with Crippen molar-refractivity contribution in [2.45, 2.75) is 109 Å². The Labute approximate surface area is 210 Å². The van der Waals surface area contributed by atoms with Crippen LogP contribution in [0.4, 0.5) is 13.2 Å². The number of rotatable bonds is 23. The van der Waals surface area contributed by atoms with Gasteiger partial charge in [0.05, 0.1) is 13.2 Å². The second kappa shape index (κ2) is 22.9. The molecule has 0 amide bonds. The summed E-state index contributed by atoms with van der Waals surface area (Å²) in [5, 5.41) is 0. The van der Waals surface area contributed by atoms with E-state index >= 15 is 0 Å². The van der Waals surface area contributed by atoms with Crippen LogP contribution >= 0.6 is 7.82 Å². The molecule has 0 aliphatic rings. The maximum Gasteiger partial charge on any atom is 1.00 e. The van der Waals surface area contributed by atoms with Crippen molar-refractivity contribution in [3.63, 3.8) is 0 Å². The van der Waals surface area contributed by atoms with Gasteiger partial charge in [0, 0.05) is 13.7 Å². The topological polar surface area (TPSA) is 77.1 Å². The van der Waals surface area contributed by atoms with Gasteiger partial charge in [-0.2, -0.15) is 13.2 Å². The van der Waals surface area contributed by atoms with Gasteiger partial charge in [0.1, 0.15) is 12.7 Å². The summed E-state index contributed by atoms with van der Waals surface area (Å²) in [5.74, 6) is 0. The van der Waals surface area contributed by atoms with E-state index in [0.717, 1.165) is 26.4 Å². The van der Waals surface area contributed by atoms with E-state index in [9.17, 15) is 22.6 Å². The van der Waals surface area contributed by atoms with Crippen molar-refractivity contribution in [3.05, 3.63) is 0 Å². The van der Waals surface area contributed by atoms with Crippen molar-refractivity contribution < 1.29 is 60.0 Å². The summed E-state index contributed by atoms with van der Waals surface area (Å²) in [6, 6.07) is 0. The van der Waals surface area contributed by atoms with Gasteiger partial charge in [0.15, 0.2) is 0 Å². The van der Waals surface area contributed by atoms with Gasteiger partial charge in [-0.1, -0.05) is 90.4 Å². The third-order valence-corrected chi connectivity index (χ3v) is 6.02. The minimum atomic E-state index is -4.59. The van der Waals surface area contributed by atoms with Crippen LogP contribution in [0.15, 0.2) is 0 Å². The molecule has 0 aromatic carbocycles. The first kappa shape index (κ1) is 35.6. The van der Waals surface area contributed by atoms with Gasteiger partial charge in [-0.15, -0.1) is 0 Å². The van der Waals surface area contributed by atoms with Crippen LogP contribution in [0.3, 0.4) is 0 Å². The largest absolute Gasteiger partial charge is 1.00 e. The van der Waals surface area contributed by atoms with Gasteiger partial charge < -0.3 is 23.4 Å². The molecule has 2 atom stereocenters. The summed E-state index contributed by atoms with van der Waals surface area (Å²) >= 11 is 0. The van der Waals surface area contributed by atoms with E-state index in [2.05, 4.69) is 20.7 Å². The Morgan fingerprint density at radius 3 is 1.64 bits per heavy atom. The smallest absolute Gasteiger partial charge is 0.756 e. The van der Waals surface area contributed by atoms with Crippen LogP contribution in [0.2, 0.25) is 0 Å². The first-order valence-corrected chi connectivity index (χ1v) is 13.4. The molecule has 0 rings (SSSR count). The van der Waals surface area contributed by atoms with Crippen LogP contribution in [0, 0.1) is 0 Å². The molecule has 11 heteroatoms. The first-order chi connectivity index (χ1) is 15.2. The van der Waals surface area contributed by atoms with Crippen LogP contribution in [-0.4, -0.2) is 45.8 Å². The average Bonchev–Trinajstić information content (AvgIpc) is 2.72. The molecule has 0 aliphatic carbocycles. The molecule has 0 N–H and O–H groups in total. The molecule has 0 saturated heterocycles. The molecular formula is C22H43F3LiO6P. The molecule has 0 aliphatic heterocycles. The van der Waals surface area contributed by atoms with Crippen molar-refractivity contribution >= 4 is 7.82 Å². The van der Waals surface area contributed by atoms with Crippen molar-refractivity contribution in [2.24, 2.45) is 0 Å². The molecule has 33 heavy (non-hydrogen) atoms. The zero-order valence-electron chi connectivity index (χ0n) is 20.8. The summed E-state index contributed by atoms with van der Waals surface area (Å²) in [6.45, 7) is 0.382. The quantitative estimate of drug-likeness (QED) is 0.122. The summed E-state index contributed by atoms with van der Waals surface area (Å²) < 4.78 is 66.7. The molecule has 0 spiro atoms. The molecule has 0 saturated carbocycles. The molecule has 2 unspecified atom stereocenters. The predicted molar refractivity (Wildman–Crippen MR) is 117 cm³/mol. The summed E-state index contributed by atoms with van der Waals surface area (Å²) in [4.78, 5) is 11.4. The van der Waals surface area contributed by atoms with Gasteiger partial charge in [0.25, 0.3) is 7.82 Å². The van der Waals surface area contributed by atoms with Crippen LogP contribution in [0.1, 0.15) is 96.8 Å². The second-order valence-electron chi connectivity index (χ2n) is 8.16. The fourth-order valence-corrected chi connectivity index (χ4v) is 3.83. The van der Waals surface area contributed by atoms with Gasteiger partial charge in [-0.05, 0) is 6.42 Å². The van der Waals surface area contributed by atoms with Crippen molar-refractivity contribution in [1.29, 1.82) is 0 Å². The van der Waals surface area contributed by atoms with Gasteiger partial charge >= 0.3 is 25.0 Å². The maximum absolute atomic E-state index is 12.2. The normalized spacial score (nSPS) is 14.6. The van der Waals surface area contributed by atoms with E-state index in [1.54, 1.807) is 0 Å². The number of alkyl halides is 3. The molecule has 0 aromatic heterocycles. The van der Waals surface area contributed by atoms with Crippen molar-refractivity contribution in [1.82, 2.24) is 0 Å². The number of ether oxygens (including phenoxy) is 2. The third kappa shape index (κ3) is 26.9. The molecule has 6 nitrogen and oxygen atoms in total. The summed E-state index contributed by atoms with van der Waals surface area (Å²) in [5.41, 5.74) is 0. The van der Waals surface area contributed by atoms with Gasteiger partial charge in [-0.3, -0.25) is 4.57 Å².